The molecule has 9 heteroatoms. The largest absolute Gasteiger partial charge is 0.458 e. The summed E-state index contributed by atoms with van der Waals surface area (Å²) in [5, 5.41) is 11.6. The second kappa shape index (κ2) is 7.23. The van der Waals surface area contributed by atoms with Gasteiger partial charge in [0.25, 0.3) is 11.6 Å². The van der Waals surface area contributed by atoms with Gasteiger partial charge < -0.3 is 9.64 Å². The molecule has 1 aromatic carbocycles. The van der Waals surface area contributed by atoms with Crippen molar-refractivity contribution in [1.29, 1.82) is 0 Å². The highest BCUT2D eigenvalue weighted by Gasteiger charge is 2.43. The summed E-state index contributed by atoms with van der Waals surface area (Å²) in [5.74, 6) is -0.862. The summed E-state index contributed by atoms with van der Waals surface area (Å²) in [6, 6.07) is 4.18. The van der Waals surface area contributed by atoms with Crippen LogP contribution in [0, 0.1) is 10.1 Å². The number of amides is 1. The zero-order chi connectivity index (χ0) is 20.8. The molecule has 1 atom stereocenters. The monoisotopic (exact) mass is 410 g/mol. The van der Waals surface area contributed by atoms with Crippen molar-refractivity contribution in [2.45, 2.75) is 57.1 Å². The molecule has 3 heterocycles. The topological polar surface area (TPSA) is 108 Å². The highest BCUT2D eigenvalue weighted by Crippen LogP contribution is 2.42. The van der Waals surface area contributed by atoms with E-state index in [4.69, 9.17) is 4.74 Å². The summed E-state index contributed by atoms with van der Waals surface area (Å²) in [7, 11) is 0. The minimum Gasteiger partial charge on any atom is -0.458 e. The molecule has 2 fully saturated rings. The highest BCUT2D eigenvalue weighted by atomic mass is 16.6. The van der Waals surface area contributed by atoms with E-state index < -0.39 is 10.9 Å². The van der Waals surface area contributed by atoms with E-state index in [1.165, 1.54) is 12.4 Å². The van der Waals surface area contributed by atoms with Crippen LogP contribution < -0.4 is 0 Å². The molecule has 0 unspecified atom stereocenters. The molecule has 1 aromatic heterocycles. The Labute approximate surface area is 172 Å². The third kappa shape index (κ3) is 2.88. The van der Waals surface area contributed by atoms with Crippen molar-refractivity contribution < 1.29 is 19.2 Å². The summed E-state index contributed by atoms with van der Waals surface area (Å²) in [6.45, 7) is 0.483. The fourth-order valence-corrected chi connectivity index (χ4v) is 4.95. The number of fused-ring (bicyclic) bond motifs is 5. The Balaban J connectivity index is 1.62. The van der Waals surface area contributed by atoms with Gasteiger partial charge in [-0.25, -0.2) is 9.78 Å². The second-order valence-electron chi connectivity index (χ2n) is 8.10. The average Bonchev–Trinajstić information content (AvgIpc) is 3.38. The number of hydrogen-bond donors (Lipinski definition) is 0. The molecule has 1 aliphatic carbocycles. The predicted octanol–water partition coefficient (Wildman–Crippen LogP) is 3.56. The zero-order valence-electron chi connectivity index (χ0n) is 16.5. The summed E-state index contributed by atoms with van der Waals surface area (Å²) in [5.41, 5.74) is 0.960. The van der Waals surface area contributed by atoms with Gasteiger partial charge in [0, 0.05) is 12.6 Å². The Morgan fingerprint density at radius 1 is 1.17 bits per heavy atom. The number of benzene rings is 1. The van der Waals surface area contributed by atoms with Gasteiger partial charge in [0.2, 0.25) is 0 Å². The molecule has 1 amide bonds. The minimum atomic E-state index is -0.540. The number of carbonyl (C=O) groups is 2. The molecule has 2 aromatic rings. The number of aromatic nitrogens is 2. The van der Waals surface area contributed by atoms with Crippen molar-refractivity contribution in [3.63, 3.8) is 0 Å². The van der Waals surface area contributed by atoms with E-state index in [-0.39, 0.29) is 35.0 Å². The molecule has 3 aliphatic rings. The Hall–Kier alpha value is -3.23. The molecule has 9 nitrogen and oxygen atoms in total. The lowest BCUT2D eigenvalue weighted by Gasteiger charge is -2.24. The molecular weight excluding hydrogens is 388 g/mol. The first kappa shape index (κ1) is 18.8. The third-order valence-electron chi connectivity index (χ3n) is 6.34. The van der Waals surface area contributed by atoms with Crippen molar-refractivity contribution in [2.24, 2.45) is 0 Å². The number of rotatable bonds is 3. The van der Waals surface area contributed by atoms with E-state index in [1.54, 1.807) is 21.6 Å². The van der Waals surface area contributed by atoms with Gasteiger partial charge in [-0.1, -0.05) is 12.5 Å². The maximum Gasteiger partial charge on any atom is 0.359 e. The van der Waals surface area contributed by atoms with Crippen LogP contribution in [0.4, 0.5) is 5.69 Å². The van der Waals surface area contributed by atoms with Gasteiger partial charge in [-0.2, -0.15) is 0 Å². The highest BCUT2D eigenvalue weighted by molar-refractivity contribution is 6.03. The van der Waals surface area contributed by atoms with Crippen LogP contribution in [0.5, 0.6) is 0 Å². The maximum absolute atomic E-state index is 13.3. The molecule has 1 saturated carbocycles. The fraction of sp³-hybridized carbons (Fsp3) is 0.476. The van der Waals surface area contributed by atoms with Crippen LogP contribution in [0.1, 0.15) is 77.5 Å². The second-order valence-corrected chi connectivity index (χ2v) is 8.10. The average molecular weight is 410 g/mol. The first-order chi connectivity index (χ1) is 14.6. The molecule has 30 heavy (non-hydrogen) atoms. The standard InChI is InChI=1S/C21H22N4O5/c26-20-17-14(8-4-9-15(17)25(28)29)24-12-22-18(19(24)16-10-5-11-23(16)20)21(27)30-13-6-2-1-3-7-13/h4,8-9,12-13,16H,1-3,5-7,10-11H2/t16-/m0/s1. The number of carbonyl (C=O) groups excluding carboxylic acids is 2. The van der Waals surface area contributed by atoms with Gasteiger partial charge in [0.1, 0.15) is 18.0 Å². The first-order valence-electron chi connectivity index (χ1n) is 10.4. The molecule has 0 N–H and O–H groups in total. The maximum atomic E-state index is 13.3. The van der Waals surface area contributed by atoms with E-state index >= 15 is 0 Å². The first-order valence-corrected chi connectivity index (χ1v) is 10.4. The van der Waals surface area contributed by atoms with Gasteiger partial charge in [-0.05, 0) is 44.6 Å². The van der Waals surface area contributed by atoms with Crippen LogP contribution >= 0.6 is 0 Å². The van der Waals surface area contributed by atoms with Crippen LogP contribution in [0.3, 0.4) is 0 Å². The molecule has 0 radical (unpaired) electrons. The van der Waals surface area contributed by atoms with E-state index in [0.29, 0.717) is 24.3 Å². The van der Waals surface area contributed by atoms with Crippen molar-refractivity contribution in [1.82, 2.24) is 14.5 Å². The summed E-state index contributed by atoms with van der Waals surface area (Å²) < 4.78 is 7.40. The number of nitro benzene ring substituents is 1. The van der Waals surface area contributed by atoms with Crippen LogP contribution in [0.15, 0.2) is 24.5 Å². The quantitative estimate of drug-likeness (QED) is 0.435. The fourth-order valence-electron chi connectivity index (χ4n) is 4.95. The van der Waals surface area contributed by atoms with Gasteiger partial charge in [-0.15, -0.1) is 0 Å². The normalized spacial score (nSPS) is 20.9. The number of ether oxygens (including phenoxy) is 1. The molecule has 0 bridgehead atoms. The van der Waals surface area contributed by atoms with Crippen LogP contribution in [-0.2, 0) is 4.74 Å². The van der Waals surface area contributed by atoms with Crippen molar-refractivity contribution in [3.05, 3.63) is 51.6 Å². The number of nitro groups is 1. The Morgan fingerprint density at radius 3 is 2.73 bits per heavy atom. The van der Waals surface area contributed by atoms with Crippen molar-refractivity contribution in [3.8, 4) is 5.69 Å². The Kier molecular flexibility index (Phi) is 4.52. The lowest BCUT2D eigenvalue weighted by molar-refractivity contribution is -0.385. The molecule has 0 spiro atoms. The van der Waals surface area contributed by atoms with Gasteiger partial charge in [0.15, 0.2) is 5.69 Å². The van der Waals surface area contributed by atoms with Crippen molar-refractivity contribution >= 4 is 17.6 Å². The minimum absolute atomic E-state index is 0.0396. The molecule has 156 valence electrons. The number of nitrogens with zero attached hydrogens (tertiary/aromatic N) is 4. The third-order valence-corrected chi connectivity index (χ3v) is 6.34. The number of esters is 1. The van der Waals surface area contributed by atoms with Crippen LogP contribution in [-0.4, -0.2) is 43.9 Å². The zero-order valence-corrected chi connectivity index (χ0v) is 16.5. The predicted molar refractivity (Wildman–Crippen MR) is 106 cm³/mol. The summed E-state index contributed by atoms with van der Waals surface area (Å²) >= 11 is 0. The van der Waals surface area contributed by atoms with Gasteiger partial charge >= 0.3 is 5.97 Å². The molecule has 2 aliphatic heterocycles. The number of hydrogen-bond acceptors (Lipinski definition) is 6. The smallest absolute Gasteiger partial charge is 0.359 e. The van der Waals surface area contributed by atoms with E-state index in [0.717, 1.165) is 38.5 Å². The molecular formula is C21H22N4O5. The summed E-state index contributed by atoms with van der Waals surface area (Å²) in [6.07, 6.45) is 7.74. The van der Waals surface area contributed by atoms with E-state index in [2.05, 4.69) is 4.98 Å². The van der Waals surface area contributed by atoms with Crippen LogP contribution in [0.2, 0.25) is 0 Å². The lowest BCUT2D eigenvalue weighted by atomic mass is 9.98. The van der Waals surface area contributed by atoms with Gasteiger partial charge in [0.05, 0.1) is 22.3 Å². The Morgan fingerprint density at radius 2 is 1.97 bits per heavy atom. The van der Waals surface area contributed by atoms with E-state index in [1.807, 2.05) is 0 Å². The van der Waals surface area contributed by atoms with Gasteiger partial charge in [-0.3, -0.25) is 19.5 Å². The Bertz CT molecular complexity index is 1040. The van der Waals surface area contributed by atoms with E-state index in [9.17, 15) is 19.7 Å². The number of imidazole rings is 1. The molecule has 1 saturated heterocycles. The molecule has 5 rings (SSSR count). The van der Waals surface area contributed by atoms with Crippen molar-refractivity contribution in [2.75, 3.05) is 6.54 Å². The lowest BCUT2D eigenvalue weighted by Crippen LogP contribution is -2.31. The van der Waals surface area contributed by atoms with Crippen LogP contribution in [0.25, 0.3) is 5.69 Å². The summed E-state index contributed by atoms with van der Waals surface area (Å²) in [4.78, 5) is 43.3. The SMILES string of the molecule is O=C(OC1CCCCC1)c1ncn2c1[C@@H]1CCCN1C(=O)c1c-2cccc1[N+](=O)[O-].